The Labute approximate surface area is 125 Å². The van der Waals surface area contributed by atoms with Gasteiger partial charge in [-0.25, -0.2) is 0 Å². The van der Waals surface area contributed by atoms with Gasteiger partial charge >= 0.3 is 0 Å². The zero-order chi connectivity index (χ0) is 13.5. The number of nitrogens with zero attached hydrogens (tertiary/aromatic N) is 1. The van der Waals surface area contributed by atoms with Crippen molar-refractivity contribution in [2.24, 2.45) is 5.41 Å². The Morgan fingerprint density at radius 1 is 0.947 bits per heavy atom. The minimum atomic E-state index is 0.655. The third kappa shape index (κ3) is 2.56. The molecule has 0 unspecified atom stereocenters. The van der Waals surface area contributed by atoms with Crippen molar-refractivity contribution in [3.63, 3.8) is 0 Å². The molecule has 0 N–H and O–H groups in total. The van der Waals surface area contributed by atoms with Gasteiger partial charge in [0.2, 0.25) is 0 Å². The second kappa shape index (κ2) is 5.12. The van der Waals surface area contributed by atoms with Crippen LogP contribution in [-0.2, 0) is 0 Å². The van der Waals surface area contributed by atoms with Crippen molar-refractivity contribution in [3.8, 4) is 0 Å². The summed E-state index contributed by atoms with van der Waals surface area (Å²) in [6.07, 6.45) is 8.73. The van der Waals surface area contributed by atoms with E-state index in [2.05, 4.69) is 46.8 Å². The summed E-state index contributed by atoms with van der Waals surface area (Å²) in [6.45, 7) is 7.06. The lowest BCUT2D eigenvalue weighted by Crippen LogP contribution is -2.56. The number of aryl methyl sites for hydroxylation is 2. The molecule has 0 bridgehead atoms. The van der Waals surface area contributed by atoms with Crippen LogP contribution in [0.1, 0.15) is 49.7 Å². The van der Waals surface area contributed by atoms with Crippen molar-refractivity contribution in [2.45, 2.75) is 52.4 Å². The quantitative estimate of drug-likeness (QED) is 0.684. The highest BCUT2D eigenvalue weighted by atomic mass is 79.9. The summed E-state index contributed by atoms with van der Waals surface area (Å²) < 4.78 is 1.20. The predicted octanol–water partition coefficient (Wildman–Crippen LogP) is 5.23. The molecule has 1 heterocycles. The first-order valence-electron chi connectivity index (χ1n) is 7.61. The maximum Gasteiger partial charge on any atom is 0.0426 e. The summed E-state index contributed by atoms with van der Waals surface area (Å²) in [5, 5.41) is 0. The molecule has 1 saturated carbocycles. The van der Waals surface area contributed by atoms with Crippen LogP contribution in [-0.4, -0.2) is 13.1 Å². The molecule has 19 heavy (non-hydrogen) atoms. The van der Waals surface area contributed by atoms with Crippen LogP contribution in [0.15, 0.2) is 16.6 Å². The molecule has 0 amide bonds. The molecule has 1 aliphatic carbocycles. The van der Waals surface area contributed by atoms with Gasteiger partial charge in [0.05, 0.1) is 0 Å². The topological polar surface area (TPSA) is 3.24 Å². The fraction of sp³-hybridized carbons (Fsp3) is 0.647. The largest absolute Gasteiger partial charge is 0.370 e. The SMILES string of the molecule is Cc1cc(Br)cc(C)c1N1CC2(CCCCCC2)C1. The molecule has 1 nitrogen and oxygen atoms in total. The summed E-state index contributed by atoms with van der Waals surface area (Å²) >= 11 is 3.60. The van der Waals surface area contributed by atoms with Gasteiger partial charge in [-0.15, -0.1) is 0 Å². The van der Waals surface area contributed by atoms with Crippen LogP contribution >= 0.6 is 15.9 Å². The monoisotopic (exact) mass is 321 g/mol. The van der Waals surface area contributed by atoms with Crippen LogP contribution in [0, 0.1) is 19.3 Å². The first-order chi connectivity index (χ1) is 9.10. The fourth-order valence-corrected chi connectivity index (χ4v) is 4.80. The van der Waals surface area contributed by atoms with Crippen molar-refractivity contribution in [3.05, 3.63) is 27.7 Å². The number of anilines is 1. The number of hydrogen-bond donors (Lipinski definition) is 0. The average molecular weight is 322 g/mol. The summed E-state index contributed by atoms with van der Waals surface area (Å²) in [6, 6.07) is 4.50. The van der Waals surface area contributed by atoms with Gasteiger partial charge in [0, 0.05) is 28.7 Å². The van der Waals surface area contributed by atoms with Crippen molar-refractivity contribution in [2.75, 3.05) is 18.0 Å². The molecular weight excluding hydrogens is 298 g/mol. The lowest BCUT2D eigenvalue weighted by molar-refractivity contribution is 0.180. The van der Waals surface area contributed by atoms with Gasteiger partial charge in [0.1, 0.15) is 0 Å². The second-order valence-electron chi connectivity index (χ2n) is 6.66. The molecule has 0 aromatic heterocycles. The summed E-state index contributed by atoms with van der Waals surface area (Å²) in [5.41, 5.74) is 4.96. The summed E-state index contributed by atoms with van der Waals surface area (Å²) in [5.74, 6) is 0. The number of hydrogen-bond acceptors (Lipinski definition) is 1. The third-order valence-electron chi connectivity index (χ3n) is 4.99. The third-order valence-corrected chi connectivity index (χ3v) is 5.45. The first kappa shape index (κ1) is 13.5. The molecule has 1 spiro atoms. The molecule has 2 heteroatoms. The summed E-state index contributed by atoms with van der Waals surface area (Å²) in [7, 11) is 0. The van der Waals surface area contributed by atoms with Crippen LogP contribution in [0.5, 0.6) is 0 Å². The Hall–Kier alpha value is -0.500. The van der Waals surface area contributed by atoms with E-state index in [9.17, 15) is 0 Å². The average Bonchev–Trinajstić information content (AvgIpc) is 2.52. The van der Waals surface area contributed by atoms with Crippen molar-refractivity contribution in [1.29, 1.82) is 0 Å². The fourth-order valence-electron chi connectivity index (χ4n) is 4.12. The van der Waals surface area contributed by atoms with Gasteiger partial charge in [-0.05, 0) is 49.9 Å². The van der Waals surface area contributed by atoms with Crippen molar-refractivity contribution >= 4 is 21.6 Å². The van der Waals surface area contributed by atoms with E-state index in [1.54, 1.807) is 0 Å². The molecule has 0 atom stereocenters. The van der Waals surface area contributed by atoms with E-state index >= 15 is 0 Å². The van der Waals surface area contributed by atoms with E-state index < -0.39 is 0 Å². The number of rotatable bonds is 1. The molecule has 1 aromatic rings. The highest BCUT2D eigenvalue weighted by molar-refractivity contribution is 9.10. The molecule has 0 radical (unpaired) electrons. The van der Waals surface area contributed by atoms with E-state index in [0.717, 1.165) is 0 Å². The Kier molecular flexibility index (Phi) is 3.63. The van der Waals surface area contributed by atoms with E-state index in [0.29, 0.717) is 5.41 Å². The Bertz CT molecular complexity index is 441. The Morgan fingerprint density at radius 3 is 2.00 bits per heavy atom. The lowest BCUT2D eigenvalue weighted by atomic mass is 9.73. The van der Waals surface area contributed by atoms with E-state index in [1.807, 2.05) is 0 Å². The van der Waals surface area contributed by atoms with Crippen molar-refractivity contribution < 1.29 is 0 Å². The molecule has 1 aromatic carbocycles. The standard InChI is InChI=1S/C17H24BrN/c1-13-9-15(18)10-14(2)16(13)19-11-17(12-19)7-5-3-4-6-8-17/h9-10H,3-8,11-12H2,1-2H3. The lowest BCUT2D eigenvalue weighted by Gasteiger charge is -2.52. The molecule has 104 valence electrons. The molecule has 1 saturated heterocycles. The van der Waals surface area contributed by atoms with E-state index in [-0.39, 0.29) is 0 Å². The highest BCUT2D eigenvalue weighted by Crippen LogP contribution is 2.46. The van der Waals surface area contributed by atoms with Crippen molar-refractivity contribution in [1.82, 2.24) is 0 Å². The smallest absolute Gasteiger partial charge is 0.0426 e. The van der Waals surface area contributed by atoms with E-state index in [4.69, 9.17) is 0 Å². The summed E-state index contributed by atoms with van der Waals surface area (Å²) in [4.78, 5) is 2.61. The van der Waals surface area contributed by atoms with Gasteiger partial charge < -0.3 is 4.90 Å². The minimum absolute atomic E-state index is 0.655. The normalized spacial score (nSPS) is 22.2. The number of benzene rings is 1. The zero-order valence-corrected chi connectivity index (χ0v) is 13.7. The number of halogens is 1. The van der Waals surface area contributed by atoms with Crippen LogP contribution in [0.25, 0.3) is 0 Å². The van der Waals surface area contributed by atoms with Gasteiger partial charge in [0.15, 0.2) is 0 Å². The molecule has 3 rings (SSSR count). The highest BCUT2D eigenvalue weighted by Gasteiger charge is 2.43. The Morgan fingerprint density at radius 2 is 1.47 bits per heavy atom. The maximum absolute atomic E-state index is 3.60. The zero-order valence-electron chi connectivity index (χ0n) is 12.1. The molecule has 1 aliphatic heterocycles. The Balaban J connectivity index is 1.76. The van der Waals surface area contributed by atoms with Crippen LogP contribution < -0.4 is 4.90 Å². The van der Waals surface area contributed by atoms with Gasteiger partial charge in [-0.3, -0.25) is 0 Å². The second-order valence-corrected chi connectivity index (χ2v) is 7.57. The minimum Gasteiger partial charge on any atom is -0.370 e. The maximum atomic E-state index is 3.60. The van der Waals surface area contributed by atoms with Gasteiger partial charge in [-0.1, -0.05) is 41.6 Å². The van der Waals surface area contributed by atoms with Crippen LogP contribution in [0.4, 0.5) is 5.69 Å². The first-order valence-corrected chi connectivity index (χ1v) is 8.41. The predicted molar refractivity (Wildman–Crippen MR) is 86.0 cm³/mol. The van der Waals surface area contributed by atoms with Gasteiger partial charge in [0.25, 0.3) is 0 Å². The molecular formula is C17H24BrN. The van der Waals surface area contributed by atoms with Gasteiger partial charge in [-0.2, -0.15) is 0 Å². The van der Waals surface area contributed by atoms with Crippen LogP contribution in [0.3, 0.4) is 0 Å². The van der Waals surface area contributed by atoms with Crippen LogP contribution in [0.2, 0.25) is 0 Å². The molecule has 2 aliphatic rings. The molecule has 2 fully saturated rings. The van der Waals surface area contributed by atoms with E-state index in [1.165, 1.54) is 72.9 Å².